The maximum absolute atomic E-state index is 11.7. The van der Waals surface area contributed by atoms with Crippen molar-refractivity contribution in [2.24, 2.45) is 0 Å². The first kappa shape index (κ1) is 18.1. The molecule has 4 N–H and O–H groups in total. The first-order valence-electron chi connectivity index (χ1n) is 6.56. The van der Waals surface area contributed by atoms with Crippen LogP contribution >= 0.6 is 0 Å². The number of hydrogen-bond donors (Lipinski definition) is 4. The Bertz CT molecular complexity index is 504. The average Bonchev–Trinajstić information content (AvgIpc) is 2.46. The van der Waals surface area contributed by atoms with E-state index < -0.39 is 23.9 Å². The van der Waals surface area contributed by atoms with Gasteiger partial charge in [-0.05, 0) is 18.2 Å². The third-order valence-corrected chi connectivity index (χ3v) is 2.77. The van der Waals surface area contributed by atoms with Crippen LogP contribution < -0.4 is 0 Å². The molecule has 0 heterocycles. The molecule has 1 aromatic carbocycles. The van der Waals surface area contributed by atoms with E-state index in [1.54, 1.807) is 0 Å². The molecule has 0 atom stereocenters. The fraction of sp³-hybridized carbons (Fsp3) is 0.429. The lowest BCUT2D eigenvalue weighted by molar-refractivity contribution is -0.309. The van der Waals surface area contributed by atoms with E-state index in [0.29, 0.717) is 0 Å². The van der Waals surface area contributed by atoms with Crippen LogP contribution in [-0.2, 0) is 9.47 Å². The van der Waals surface area contributed by atoms with E-state index >= 15 is 0 Å². The molecule has 0 saturated heterocycles. The number of aliphatic hydroxyl groups is 4. The molecule has 0 amide bonds. The van der Waals surface area contributed by atoms with Crippen LogP contribution in [0.4, 0.5) is 0 Å². The average molecular weight is 314 g/mol. The third kappa shape index (κ3) is 5.08. The molecule has 0 aliphatic carbocycles. The Hall–Kier alpha value is -2.00. The normalized spacial score (nSPS) is 11.9. The summed E-state index contributed by atoms with van der Waals surface area (Å²) >= 11 is 0. The molecule has 0 radical (unpaired) electrons. The SMILES string of the molecule is CCC(O)(O)OC(=O)c1cccc(C(=O)OC(O)(O)CC)c1. The Morgan fingerprint density at radius 1 is 0.909 bits per heavy atom. The number of hydrogen-bond acceptors (Lipinski definition) is 8. The Balaban J connectivity index is 2.90. The van der Waals surface area contributed by atoms with Gasteiger partial charge in [0.15, 0.2) is 0 Å². The molecule has 0 aliphatic heterocycles. The minimum absolute atomic E-state index is 0.131. The number of benzene rings is 1. The highest BCUT2D eigenvalue weighted by atomic mass is 16.8. The second-order valence-electron chi connectivity index (χ2n) is 4.55. The molecule has 22 heavy (non-hydrogen) atoms. The van der Waals surface area contributed by atoms with Crippen molar-refractivity contribution in [3.05, 3.63) is 35.4 Å². The maximum atomic E-state index is 11.7. The Morgan fingerprint density at radius 3 is 1.59 bits per heavy atom. The molecule has 0 unspecified atom stereocenters. The van der Waals surface area contributed by atoms with Gasteiger partial charge in [-0.1, -0.05) is 19.9 Å². The predicted molar refractivity (Wildman–Crippen MR) is 72.2 cm³/mol. The van der Waals surface area contributed by atoms with Gasteiger partial charge in [0.25, 0.3) is 0 Å². The summed E-state index contributed by atoms with van der Waals surface area (Å²) in [6, 6.07) is 4.98. The van der Waals surface area contributed by atoms with Gasteiger partial charge in [-0.2, -0.15) is 0 Å². The van der Waals surface area contributed by atoms with Gasteiger partial charge in [0, 0.05) is 12.8 Å². The number of rotatable bonds is 6. The highest BCUT2D eigenvalue weighted by Gasteiger charge is 2.29. The van der Waals surface area contributed by atoms with E-state index in [4.69, 9.17) is 0 Å². The number of carbonyl (C=O) groups is 2. The van der Waals surface area contributed by atoms with Crippen molar-refractivity contribution < 1.29 is 39.5 Å². The highest BCUT2D eigenvalue weighted by molar-refractivity contribution is 5.95. The van der Waals surface area contributed by atoms with E-state index in [0.717, 1.165) is 6.07 Å². The molecule has 8 heteroatoms. The summed E-state index contributed by atoms with van der Waals surface area (Å²) in [6.07, 6.45) is -0.483. The lowest BCUT2D eigenvalue weighted by Gasteiger charge is -2.20. The summed E-state index contributed by atoms with van der Waals surface area (Å²) in [5.41, 5.74) is -0.262. The second-order valence-corrected chi connectivity index (χ2v) is 4.55. The van der Waals surface area contributed by atoms with Crippen LogP contribution in [0.3, 0.4) is 0 Å². The first-order chi connectivity index (χ1) is 10.1. The van der Waals surface area contributed by atoms with E-state index in [-0.39, 0.29) is 24.0 Å². The molecule has 0 spiro atoms. The zero-order chi connectivity index (χ0) is 17.0. The molecule has 0 bridgehead atoms. The summed E-state index contributed by atoms with van der Waals surface area (Å²) in [5.74, 6) is -7.34. The Morgan fingerprint density at radius 2 is 1.27 bits per heavy atom. The predicted octanol–water partition coefficient (Wildman–Crippen LogP) is 0.0970. The zero-order valence-electron chi connectivity index (χ0n) is 12.1. The van der Waals surface area contributed by atoms with E-state index in [1.165, 1.54) is 32.0 Å². The van der Waals surface area contributed by atoms with Gasteiger partial charge in [-0.15, -0.1) is 0 Å². The van der Waals surface area contributed by atoms with Crippen LogP contribution in [-0.4, -0.2) is 44.3 Å². The summed E-state index contributed by atoms with van der Waals surface area (Å²) < 4.78 is 8.90. The summed E-state index contributed by atoms with van der Waals surface area (Å²) in [5, 5.41) is 37.1. The number of carbonyl (C=O) groups excluding carboxylic acids is 2. The smallest absolute Gasteiger partial charge is 0.342 e. The van der Waals surface area contributed by atoms with Crippen LogP contribution in [0, 0.1) is 0 Å². The van der Waals surface area contributed by atoms with Gasteiger partial charge in [0.2, 0.25) is 0 Å². The van der Waals surface area contributed by atoms with Crippen molar-refractivity contribution in [3.8, 4) is 0 Å². The van der Waals surface area contributed by atoms with Crippen LogP contribution in [0.25, 0.3) is 0 Å². The molecule has 0 saturated carbocycles. The van der Waals surface area contributed by atoms with Gasteiger partial charge < -0.3 is 29.9 Å². The Kier molecular flexibility index (Phi) is 5.61. The fourth-order valence-electron chi connectivity index (χ4n) is 1.33. The highest BCUT2D eigenvalue weighted by Crippen LogP contribution is 2.16. The first-order valence-corrected chi connectivity index (χ1v) is 6.56. The minimum atomic E-state index is -2.61. The zero-order valence-corrected chi connectivity index (χ0v) is 12.1. The summed E-state index contributed by atoms with van der Waals surface area (Å²) in [7, 11) is 0. The van der Waals surface area contributed by atoms with Crippen molar-refractivity contribution in [2.45, 2.75) is 38.6 Å². The van der Waals surface area contributed by atoms with E-state index in [1.807, 2.05) is 0 Å². The van der Waals surface area contributed by atoms with E-state index in [9.17, 15) is 30.0 Å². The van der Waals surface area contributed by atoms with Crippen molar-refractivity contribution in [2.75, 3.05) is 0 Å². The minimum Gasteiger partial charge on any atom is -0.404 e. The quantitative estimate of drug-likeness (QED) is 0.429. The monoisotopic (exact) mass is 314 g/mol. The Labute approximate surface area is 126 Å². The van der Waals surface area contributed by atoms with Crippen molar-refractivity contribution >= 4 is 11.9 Å². The molecule has 1 aromatic rings. The molecule has 8 nitrogen and oxygen atoms in total. The number of ether oxygens (including phenoxy) is 2. The van der Waals surface area contributed by atoms with Crippen molar-refractivity contribution in [3.63, 3.8) is 0 Å². The molecule has 0 fully saturated rings. The lowest BCUT2D eigenvalue weighted by atomic mass is 10.1. The van der Waals surface area contributed by atoms with Gasteiger partial charge in [-0.3, -0.25) is 0 Å². The van der Waals surface area contributed by atoms with E-state index in [2.05, 4.69) is 9.47 Å². The standard InChI is InChI=1S/C14H18O8/c1-3-13(17,18)21-11(15)9-6-5-7-10(8-9)12(16)22-14(19,20)4-2/h5-8,17-20H,3-4H2,1-2H3. The molecule has 0 aliphatic rings. The third-order valence-electron chi connectivity index (χ3n) is 2.77. The van der Waals surface area contributed by atoms with Gasteiger partial charge in [0.1, 0.15) is 0 Å². The molecule has 1 rings (SSSR count). The van der Waals surface area contributed by atoms with Gasteiger partial charge in [-0.25, -0.2) is 9.59 Å². The second kappa shape index (κ2) is 6.84. The van der Waals surface area contributed by atoms with Crippen molar-refractivity contribution in [1.82, 2.24) is 0 Å². The fourth-order valence-corrected chi connectivity index (χ4v) is 1.33. The van der Waals surface area contributed by atoms with Crippen LogP contribution in [0.5, 0.6) is 0 Å². The molecule has 122 valence electrons. The topological polar surface area (TPSA) is 134 Å². The summed E-state index contributed by atoms with van der Waals surface area (Å²) in [4.78, 5) is 23.5. The van der Waals surface area contributed by atoms with Crippen LogP contribution in [0.1, 0.15) is 47.4 Å². The summed E-state index contributed by atoms with van der Waals surface area (Å²) in [6.45, 7) is 2.79. The molecular weight excluding hydrogens is 296 g/mol. The molecular formula is C14H18O8. The molecule has 0 aromatic heterocycles. The largest absolute Gasteiger partial charge is 0.404 e. The van der Waals surface area contributed by atoms with Gasteiger partial charge >= 0.3 is 23.9 Å². The maximum Gasteiger partial charge on any atom is 0.342 e. The van der Waals surface area contributed by atoms with Crippen molar-refractivity contribution in [1.29, 1.82) is 0 Å². The number of esters is 2. The van der Waals surface area contributed by atoms with Gasteiger partial charge in [0.05, 0.1) is 11.1 Å². The van der Waals surface area contributed by atoms with Crippen LogP contribution in [0.15, 0.2) is 24.3 Å². The lowest BCUT2D eigenvalue weighted by Crippen LogP contribution is -2.34. The van der Waals surface area contributed by atoms with Crippen LogP contribution in [0.2, 0.25) is 0 Å².